The first-order valence-electron chi connectivity index (χ1n) is 6.14. The van der Waals surface area contributed by atoms with Gasteiger partial charge in [-0.3, -0.25) is 4.40 Å². The summed E-state index contributed by atoms with van der Waals surface area (Å²) in [5.74, 6) is -5.62. The van der Waals surface area contributed by atoms with Crippen LogP contribution in [0.25, 0.3) is 11.5 Å². The summed E-state index contributed by atoms with van der Waals surface area (Å²) in [6.07, 6.45) is 1.34. The average Bonchev–Trinajstić information content (AvgIpc) is 2.83. The molecule has 2 rings (SSSR count). The molecule has 4 nitrogen and oxygen atoms in total. The molecule has 0 aromatic carbocycles. The second kappa shape index (κ2) is 6.48. The number of hydrogen-bond acceptors (Lipinski definition) is 3. The Morgan fingerprint density at radius 1 is 1.43 bits per heavy atom. The molecular formula is C13H8BrClF4N2O2. The Balaban J connectivity index is 2.78. The number of imidazole rings is 1. The molecule has 0 N–H and O–H groups in total. The van der Waals surface area contributed by atoms with Crippen LogP contribution < -0.4 is 0 Å². The second-order valence-corrected chi connectivity index (χ2v) is 5.62. The normalized spacial score (nSPS) is 13.2. The molecule has 2 heterocycles. The summed E-state index contributed by atoms with van der Waals surface area (Å²) in [6.45, 7) is 1.44. The van der Waals surface area contributed by atoms with E-state index in [1.54, 1.807) is 0 Å². The number of hydrogen-bond donors (Lipinski definition) is 0. The molecule has 0 amide bonds. The molecule has 2 aromatic rings. The molecule has 0 aliphatic rings. The minimum absolute atomic E-state index is 0.0343. The van der Waals surface area contributed by atoms with E-state index >= 15 is 0 Å². The van der Waals surface area contributed by atoms with Gasteiger partial charge < -0.3 is 4.74 Å². The van der Waals surface area contributed by atoms with Gasteiger partial charge in [0, 0.05) is 10.7 Å². The largest absolute Gasteiger partial charge is 0.461 e. The molecule has 0 saturated carbocycles. The topological polar surface area (TPSA) is 43.6 Å². The second-order valence-electron chi connectivity index (χ2n) is 4.23. The first-order valence-corrected chi connectivity index (χ1v) is 7.31. The summed E-state index contributed by atoms with van der Waals surface area (Å²) in [5.41, 5.74) is -1.41. The molecular weight excluding hydrogens is 408 g/mol. The minimum atomic E-state index is -4.56. The van der Waals surface area contributed by atoms with Crippen LogP contribution in [0.4, 0.5) is 17.6 Å². The number of nitrogens with zero attached hydrogens (tertiary/aromatic N) is 2. The molecule has 2 aromatic heterocycles. The number of fused-ring (bicyclic) bond motifs is 1. The van der Waals surface area contributed by atoms with E-state index in [9.17, 15) is 22.4 Å². The third-order valence-corrected chi connectivity index (χ3v) is 3.34. The number of carbonyl (C=O) groups is 1. The zero-order valence-corrected chi connectivity index (χ0v) is 13.8. The van der Waals surface area contributed by atoms with E-state index < -0.39 is 34.4 Å². The van der Waals surface area contributed by atoms with Crippen LogP contribution in [0.15, 0.2) is 28.6 Å². The minimum Gasteiger partial charge on any atom is -0.461 e. The smallest absolute Gasteiger partial charge is 0.376 e. The van der Waals surface area contributed by atoms with Crippen LogP contribution in [0, 0.1) is 0 Å². The summed E-state index contributed by atoms with van der Waals surface area (Å²) < 4.78 is 59.4. The zero-order chi connectivity index (χ0) is 17.4. The Labute approximate surface area is 140 Å². The molecule has 0 atom stereocenters. The average molecular weight is 416 g/mol. The lowest BCUT2D eigenvalue weighted by atomic mass is 10.2. The fraction of sp³-hybridized carbons (Fsp3) is 0.231. The molecule has 10 heteroatoms. The van der Waals surface area contributed by atoms with Crippen LogP contribution in [0.5, 0.6) is 0 Å². The standard InChI is InChI=1S/C13H8BrClF4N2O2/c1-2-23-12(22)10-9(8(16)11(17)13(15,18)19)20-7-4-3-6(14)5-21(7)10/h3-5H,2H2,1H3/b11-8+. The highest BCUT2D eigenvalue weighted by molar-refractivity contribution is 9.10. The van der Waals surface area contributed by atoms with E-state index in [1.165, 1.54) is 25.3 Å². The van der Waals surface area contributed by atoms with Gasteiger partial charge in [0.05, 0.1) is 6.61 Å². The number of alkyl halides is 3. The number of carbonyl (C=O) groups excluding carboxylic acids is 1. The van der Waals surface area contributed by atoms with Gasteiger partial charge in [-0.05, 0) is 46.6 Å². The number of rotatable bonds is 4. The van der Waals surface area contributed by atoms with Crippen molar-refractivity contribution in [1.82, 2.24) is 9.38 Å². The van der Waals surface area contributed by atoms with Gasteiger partial charge in [-0.1, -0.05) is 0 Å². The van der Waals surface area contributed by atoms with Gasteiger partial charge in [0.2, 0.25) is 5.83 Å². The Morgan fingerprint density at radius 3 is 2.65 bits per heavy atom. The van der Waals surface area contributed by atoms with Gasteiger partial charge in [-0.2, -0.15) is 8.78 Å². The lowest BCUT2D eigenvalue weighted by molar-refractivity contribution is 0.0517. The van der Waals surface area contributed by atoms with Crippen molar-refractivity contribution >= 4 is 45.0 Å². The van der Waals surface area contributed by atoms with Crippen LogP contribution in [-0.2, 0) is 4.74 Å². The molecule has 0 fully saturated rings. The van der Waals surface area contributed by atoms with Crippen LogP contribution >= 0.6 is 27.5 Å². The maximum absolute atomic E-state index is 14.1. The highest BCUT2D eigenvalue weighted by Gasteiger charge is 2.38. The van der Waals surface area contributed by atoms with Gasteiger partial charge in [0.15, 0.2) is 11.5 Å². The van der Waals surface area contributed by atoms with Crippen molar-refractivity contribution in [2.75, 3.05) is 6.61 Å². The van der Waals surface area contributed by atoms with Crippen molar-refractivity contribution in [1.29, 1.82) is 0 Å². The van der Waals surface area contributed by atoms with Gasteiger partial charge in [-0.25, -0.2) is 18.6 Å². The molecule has 0 radical (unpaired) electrons. The molecule has 0 saturated heterocycles. The number of pyridine rings is 1. The monoisotopic (exact) mass is 414 g/mol. The SMILES string of the molecule is CCOC(=O)c1c(/C(F)=C(\F)C(F)(F)Cl)nc2ccc(Br)cn12. The third-order valence-electron chi connectivity index (χ3n) is 2.70. The highest BCUT2D eigenvalue weighted by Crippen LogP contribution is 2.37. The molecule has 124 valence electrons. The Morgan fingerprint density at radius 2 is 2.09 bits per heavy atom. The first kappa shape index (κ1) is 17.7. The lowest BCUT2D eigenvalue weighted by Crippen LogP contribution is -2.12. The van der Waals surface area contributed by atoms with Crippen LogP contribution in [-0.4, -0.2) is 27.3 Å². The number of aromatic nitrogens is 2. The maximum atomic E-state index is 14.1. The van der Waals surface area contributed by atoms with E-state index in [1.807, 2.05) is 0 Å². The van der Waals surface area contributed by atoms with Gasteiger partial charge in [0.25, 0.3) is 0 Å². The van der Waals surface area contributed by atoms with Crippen molar-refractivity contribution in [2.24, 2.45) is 0 Å². The van der Waals surface area contributed by atoms with Crippen molar-refractivity contribution < 1.29 is 27.1 Å². The molecule has 0 aliphatic heterocycles. The predicted octanol–water partition coefficient (Wildman–Crippen LogP) is 4.71. The quantitative estimate of drug-likeness (QED) is 0.413. The summed E-state index contributed by atoms with van der Waals surface area (Å²) in [5, 5.41) is -4.56. The fourth-order valence-electron chi connectivity index (χ4n) is 1.79. The van der Waals surface area contributed by atoms with Crippen molar-refractivity contribution in [3.05, 3.63) is 40.0 Å². The third kappa shape index (κ3) is 3.50. The van der Waals surface area contributed by atoms with Gasteiger partial charge in [-0.15, -0.1) is 0 Å². The molecule has 0 spiro atoms. The Hall–Kier alpha value is -1.61. The van der Waals surface area contributed by atoms with Gasteiger partial charge in [0.1, 0.15) is 11.3 Å². The molecule has 23 heavy (non-hydrogen) atoms. The summed E-state index contributed by atoms with van der Waals surface area (Å²) in [4.78, 5) is 15.7. The zero-order valence-electron chi connectivity index (χ0n) is 11.4. The van der Waals surface area contributed by atoms with Crippen molar-refractivity contribution in [3.8, 4) is 0 Å². The van der Waals surface area contributed by atoms with Crippen molar-refractivity contribution in [2.45, 2.75) is 12.3 Å². The molecule has 0 unspecified atom stereocenters. The van der Waals surface area contributed by atoms with E-state index in [0.717, 1.165) is 4.40 Å². The predicted molar refractivity (Wildman–Crippen MR) is 78.8 cm³/mol. The van der Waals surface area contributed by atoms with Crippen LogP contribution in [0.3, 0.4) is 0 Å². The number of esters is 1. The highest BCUT2D eigenvalue weighted by atomic mass is 79.9. The van der Waals surface area contributed by atoms with E-state index in [-0.39, 0.29) is 12.3 Å². The van der Waals surface area contributed by atoms with E-state index in [2.05, 4.69) is 32.5 Å². The number of halogens is 6. The summed E-state index contributed by atoms with van der Waals surface area (Å²) >= 11 is 7.62. The van der Waals surface area contributed by atoms with E-state index in [0.29, 0.717) is 4.47 Å². The Bertz CT molecular complexity index is 801. The molecule has 0 bridgehead atoms. The van der Waals surface area contributed by atoms with Crippen LogP contribution in [0.2, 0.25) is 0 Å². The lowest BCUT2D eigenvalue weighted by Gasteiger charge is -2.07. The fourth-order valence-corrected chi connectivity index (χ4v) is 2.21. The number of allylic oxidation sites excluding steroid dienone is 1. The summed E-state index contributed by atoms with van der Waals surface area (Å²) in [7, 11) is 0. The first-order chi connectivity index (χ1) is 10.7. The number of ether oxygens (including phenoxy) is 1. The van der Waals surface area contributed by atoms with Gasteiger partial charge >= 0.3 is 11.4 Å². The van der Waals surface area contributed by atoms with Crippen LogP contribution in [0.1, 0.15) is 23.1 Å². The molecule has 0 aliphatic carbocycles. The summed E-state index contributed by atoms with van der Waals surface area (Å²) in [6, 6.07) is 2.90. The Kier molecular flexibility index (Phi) is 5.00. The van der Waals surface area contributed by atoms with E-state index in [4.69, 9.17) is 4.74 Å². The van der Waals surface area contributed by atoms with Crippen molar-refractivity contribution in [3.63, 3.8) is 0 Å². The maximum Gasteiger partial charge on any atom is 0.376 e.